The molecule has 1 aromatic carbocycles. The van der Waals surface area contributed by atoms with E-state index in [0.29, 0.717) is 10.9 Å². The topological polar surface area (TPSA) is 43.1 Å². The number of carbonyl (C=O) groups is 1. The third kappa shape index (κ3) is 2.19. The van der Waals surface area contributed by atoms with Gasteiger partial charge in [-0.1, -0.05) is 12.1 Å². The lowest BCUT2D eigenvalue weighted by molar-refractivity contribution is 0.0982. The number of fused-ring (bicyclic) bond motifs is 1. The Morgan fingerprint density at radius 3 is 2.83 bits per heavy atom. The van der Waals surface area contributed by atoms with Crippen LogP contribution in [0.3, 0.4) is 0 Å². The van der Waals surface area contributed by atoms with Crippen LogP contribution in [-0.2, 0) is 0 Å². The summed E-state index contributed by atoms with van der Waals surface area (Å²) < 4.78 is 7.49. The molecule has 0 radical (unpaired) electrons. The zero-order valence-corrected chi connectivity index (χ0v) is 11.2. The van der Waals surface area contributed by atoms with Crippen LogP contribution in [0, 0.1) is 0 Å². The van der Waals surface area contributed by atoms with Crippen LogP contribution in [0.5, 0.6) is 0 Å². The Balaban J connectivity index is 1.88. The first-order valence-electron chi connectivity index (χ1n) is 5.36. The minimum Gasteiger partial charge on any atom is -0.446 e. The van der Waals surface area contributed by atoms with E-state index in [9.17, 15) is 4.79 Å². The number of para-hydroxylation sites is 1. The fraction of sp³-hybridized carbons (Fsp3) is 0.0769. The van der Waals surface area contributed by atoms with Crippen molar-refractivity contribution in [2.45, 2.75) is 16.4 Å². The van der Waals surface area contributed by atoms with Gasteiger partial charge in [-0.25, -0.2) is 4.98 Å². The number of thiazole rings is 1. The SMILES string of the molecule is CC(=O)c1ccc(Sc2nc3ccccc3s2)o1. The van der Waals surface area contributed by atoms with Crippen LogP contribution in [0.25, 0.3) is 10.2 Å². The zero-order valence-electron chi connectivity index (χ0n) is 9.54. The molecule has 0 spiro atoms. The molecule has 0 bridgehead atoms. The predicted molar refractivity (Wildman–Crippen MR) is 72.5 cm³/mol. The van der Waals surface area contributed by atoms with Gasteiger partial charge in [0.1, 0.15) is 0 Å². The van der Waals surface area contributed by atoms with E-state index in [1.165, 1.54) is 18.7 Å². The molecule has 90 valence electrons. The summed E-state index contributed by atoms with van der Waals surface area (Å²) in [6.45, 7) is 1.49. The molecule has 2 aromatic heterocycles. The van der Waals surface area contributed by atoms with Gasteiger partial charge < -0.3 is 4.42 Å². The van der Waals surface area contributed by atoms with Gasteiger partial charge in [0.25, 0.3) is 0 Å². The summed E-state index contributed by atoms with van der Waals surface area (Å²) in [7, 11) is 0. The van der Waals surface area contributed by atoms with E-state index in [4.69, 9.17) is 4.42 Å². The smallest absolute Gasteiger partial charge is 0.194 e. The van der Waals surface area contributed by atoms with Crippen LogP contribution >= 0.6 is 23.1 Å². The van der Waals surface area contributed by atoms with Crippen molar-refractivity contribution in [1.29, 1.82) is 0 Å². The highest BCUT2D eigenvalue weighted by molar-refractivity contribution is 8.01. The molecule has 3 nitrogen and oxygen atoms in total. The maximum Gasteiger partial charge on any atom is 0.194 e. The molecule has 0 amide bonds. The van der Waals surface area contributed by atoms with E-state index in [-0.39, 0.29) is 5.78 Å². The fourth-order valence-electron chi connectivity index (χ4n) is 1.54. The quantitative estimate of drug-likeness (QED) is 0.670. The highest BCUT2D eigenvalue weighted by Gasteiger charge is 2.10. The molecule has 0 aliphatic rings. The molecule has 18 heavy (non-hydrogen) atoms. The molecule has 2 heterocycles. The van der Waals surface area contributed by atoms with E-state index < -0.39 is 0 Å². The zero-order chi connectivity index (χ0) is 12.5. The van der Waals surface area contributed by atoms with Crippen LogP contribution in [0.15, 0.2) is 50.2 Å². The monoisotopic (exact) mass is 275 g/mol. The van der Waals surface area contributed by atoms with E-state index in [1.54, 1.807) is 23.5 Å². The Hall–Kier alpha value is -1.59. The van der Waals surface area contributed by atoms with Crippen molar-refractivity contribution in [3.05, 3.63) is 42.2 Å². The van der Waals surface area contributed by atoms with Crippen LogP contribution in [0.1, 0.15) is 17.5 Å². The van der Waals surface area contributed by atoms with Gasteiger partial charge in [0.05, 0.1) is 10.2 Å². The van der Waals surface area contributed by atoms with Gasteiger partial charge >= 0.3 is 0 Å². The average Bonchev–Trinajstić information content (AvgIpc) is 2.94. The number of aromatic nitrogens is 1. The summed E-state index contributed by atoms with van der Waals surface area (Å²) in [5, 5.41) is 0.694. The molecular weight excluding hydrogens is 266 g/mol. The maximum atomic E-state index is 11.1. The molecule has 0 aliphatic heterocycles. The van der Waals surface area contributed by atoms with Crippen LogP contribution < -0.4 is 0 Å². The Morgan fingerprint density at radius 1 is 1.28 bits per heavy atom. The highest BCUT2D eigenvalue weighted by Crippen LogP contribution is 2.35. The summed E-state index contributed by atoms with van der Waals surface area (Å²) in [4.78, 5) is 15.6. The molecule has 0 saturated carbocycles. The molecule has 0 atom stereocenters. The molecule has 0 saturated heterocycles. The minimum absolute atomic E-state index is 0.0638. The van der Waals surface area contributed by atoms with E-state index in [0.717, 1.165) is 14.6 Å². The maximum absolute atomic E-state index is 11.1. The summed E-state index contributed by atoms with van der Waals surface area (Å²) in [5.74, 6) is 0.324. The van der Waals surface area contributed by atoms with Gasteiger partial charge in [-0.2, -0.15) is 0 Å². The third-order valence-corrected chi connectivity index (χ3v) is 4.41. The minimum atomic E-state index is -0.0638. The lowest BCUT2D eigenvalue weighted by Gasteiger charge is -1.90. The second-order valence-electron chi connectivity index (χ2n) is 3.72. The van der Waals surface area contributed by atoms with Crippen molar-refractivity contribution in [3.63, 3.8) is 0 Å². The number of carbonyl (C=O) groups excluding carboxylic acids is 1. The van der Waals surface area contributed by atoms with Crippen LogP contribution in [0.2, 0.25) is 0 Å². The van der Waals surface area contributed by atoms with Gasteiger partial charge in [0, 0.05) is 6.92 Å². The van der Waals surface area contributed by atoms with Gasteiger partial charge in [-0.05, 0) is 36.0 Å². The van der Waals surface area contributed by atoms with Crippen LogP contribution in [0.4, 0.5) is 0 Å². The average molecular weight is 275 g/mol. The predicted octanol–water partition coefficient (Wildman–Crippen LogP) is 4.24. The Morgan fingerprint density at radius 2 is 2.11 bits per heavy atom. The van der Waals surface area contributed by atoms with Crippen molar-refractivity contribution in [2.75, 3.05) is 0 Å². The number of ketones is 1. The van der Waals surface area contributed by atoms with Gasteiger partial charge in [0.15, 0.2) is 21.0 Å². The first-order valence-corrected chi connectivity index (χ1v) is 7.00. The fourth-order valence-corrected chi connectivity index (χ4v) is 3.51. The standard InChI is InChI=1S/C13H9NO2S2/c1-8(15)10-6-7-12(16-10)18-13-14-9-4-2-3-5-11(9)17-13/h2-7H,1H3. The molecule has 0 N–H and O–H groups in total. The summed E-state index contributed by atoms with van der Waals surface area (Å²) in [5.41, 5.74) is 0.989. The molecule has 0 unspecified atom stereocenters. The number of Topliss-reactive ketones (excluding diaryl/α,β-unsaturated/α-hetero) is 1. The van der Waals surface area contributed by atoms with E-state index in [1.807, 2.05) is 24.3 Å². The van der Waals surface area contributed by atoms with Crippen molar-refractivity contribution in [3.8, 4) is 0 Å². The summed E-state index contributed by atoms with van der Waals surface area (Å²) >= 11 is 3.06. The summed E-state index contributed by atoms with van der Waals surface area (Å²) in [6.07, 6.45) is 0. The second kappa shape index (κ2) is 4.59. The Bertz CT molecular complexity index is 681. The Kier molecular flexibility index (Phi) is 2.93. The molecular formula is C13H9NO2S2. The van der Waals surface area contributed by atoms with Crippen molar-refractivity contribution >= 4 is 39.1 Å². The van der Waals surface area contributed by atoms with Crippen LogP contribution in [-0.4, -0.2) is 10.8 Å². The van der Waals surface area contributed by atoms with Crippen molar-refractivity contribution in [2.24, 2.45) is 0 Å². The number of rotatable bonds is 3. The number of nitrogens with zero attached hydrogens (tertiary/aromatic N) is 1. The van der Waals surface area contributed by atoms with Gasteiger partial charge in [-0.3, -0.25) is 4.79 Å². The van der Waals surface area contributed by atoms with Crippen molar-refractivity contribution in [1.82, 2.24) is 4.98 Å². The molecule has 3 rings (SSSR count). The molecule has 0 aliphatic carbocycles. The van der Waals surface area contributed by atoms with Crippen molar-refractivity contribution < 1.29 is 9.21 Å². The van der Waals surface area contributed by atoms with Gasteiger partial charge in [0.2, 0.25) is 0 Å². The number of hydrogen-bond acceptors (Lipinski definition) is 5. The lowest BCUT2D eigenvalue weighted by Crippen LogP contribution is -1.85. The number of furan rings is 1. The number of benzene rings is 1. The Labute approximate surface area is 112 Å². The molecule has 3 aromatic rings. The number of hydrogen-bond donors (Lipinski definition) is 0. The highest BCUT2D eigenvalue weighted by atomic mass is 32.2. The first kappa shape index (κ1) is 11.5. The lowest BCUT2D eigenvalue weighted by atomic mass is 10.3. The largest absolute Gasteiger partial charge is 0.446 e. The normalized spacial score (nSPS) is 10.9. The van der Waals surface area contributed by atoms with E-state index >= 15 is 0 Å². The molecule has 0 fully saturated rings. The first-order chi connectivity index (χ1) is 8.72. The summed E-state index contributed by atoms with van der Waals surface area (Å²) in [6, 6.07) is 11.5. The third-order valence-electron chi connectivity index (χ3n) is 2.39. The second-order valence-corrected chi connectivity index (χ2v) is 6.01. The van der Waals surface area contributed by atoms with E-state index in [2.05, 4.69) is 4.98 Å². The van der Waals surface area contributed by atoms with Gasteiger partial charge in [-0.15, -0.1) is 11.3 Å². The molecule has 5 heteroatoms.